The number of nitrogens with one attached hydrogen (secondary N) is 1. The molecule has 5 heterocycles. The SMILES string of the molecule is COPOCCn1c(COP(=O)(S)O[C@@H]2[C@@H](F)[C@@H](C)O[C@H]2n2cnc3c(=O)[nH]c(N)nc32)nc2cncnc21. The number of halogens is 1. The van der Waals surface area contributed by atoms with Crippen molar-refractivity contribution in [2.45, 2.75) is 44.7 Å². The number of hydrogen-bond donors (Lipinski definition) is 3. The minimum atomic E-state index is -4.20. The Morgan fingerprint density at radius 1 is 1.33 bits per heavy atom. The number of imidazole rings is 2. The second kappa shape index (κ2) is 11.5. The molecule has 1 aliphatic heterocycles. The van der Waals surface area contributed by atoms with E-state index in [9.17, 15) is 9.36 Å². The molecule has 0 spiro atoms. The van der Waals surface area contributed by atoms with Crippen LogP contribution in [-0.2, 0) is 40.5 Å². The van der Waals surface area contributed by atoms with Crippen LogP contribution >= 0.6 is 28.1 Å². The van der Waals surface area contributed by atoms with Gasteiger partial charge in [0.05, 0.1) is 25.2 Å². The van der Waals surface area contributed by atoms with E-state index in [4.69, 9.17) is 28.6 Å². The summed E-state index contributed by atoms with van der Waals surface area (Å²) in [4.78, 5) is 35.2. The molecule has 20 heteroatoms. The van der Waals surface area contributed by atoms with E-state index < -0.39 is 37.0 Å². The van der Waals surface area contributed by atoms with Gasteiger partial charge in [-0.05, 0) is 6.92 Å². The molecule has 1 fully saturated rings. The quantitative estimate of drug-likeness (QED) is 0.128. The van der Waals surface area contributed by atoms with Gasteiger partial charge in [0.15, 0.2) is 38.2 Å². The number of alkyl halides is 1. The van der Waals surface area contributed by atoms with Gasteiger partial charge in [0.1, 0.15) is 30.4 Å². The molecule has 0 radical (unpaired) electrons. The normalized spacial score (nSPS) is 23.4. The summed E-state index contributed by atoms with van der Waals surface area (Å²) in [5.41, 5.74) is 6.08. The first-order valence-corrected chi connectivity index (χ1v) is 14.9. The maximum absolute atomic E-state index is 15.2. The molecule has 4 aromatic heterocycles. The minimum absolute atomic E-state index is 0.0381. The maximum atomic E-state index is 15.2. The van der Waals surface area contributed by atoms with Gasteiger partial charge in [-0.2, -0.15) is 4.98 Å². The summed E-state index contributed by atoms with van der Waals surface area (Å²) in [6.07, 6.45) is -1.21. The second-order valence-electron chi connectivity index (χ2n) is 8.31. The molecule has 2 unspecified atom stereocenters. The first-order valence-electron chi connectivity index (χ1n) is 11.4. The smallest absolute Gasteiger partial charge is 0.369 e. The number of nitrogens with zero attached hydrogens (tertiary/aromatic N) is 7. The standard InChI is InChI=1S/C19H24FN9O7P2S/c1-9-12(20)14(18(35-9)29-8-24-13-16(29)26-19(21)27-17(13)30)36-38(31,39)34-6-11-25-10-5-22-7-23-15(10)28(11)3-4-33-37-32-2/h5,7-9,12,14,18,37H,3-4,6H2,1-2H3,(H,31,39)(H3,21,26,27,30)/t9-,12+,14-,18-,38?/m1/s1. The molecule has 0 bridgehead atoms. The summed E-state index contributed by atoms with van der Waals surface area (Å²) in [6.45, 7) is -2.41. The molecule has 39 heavy (non-hydrogen) atoms. The number of fused-ring (bicyclic) bond motifs is 2. The number of aromatic nitrogens is 8. The molecule has 210 valence electrons. The number of H-pyrrole nitrogens is 1. The van der Waals surface area contributed by atoms with Gasteiger partial charge in [-0.25, -0.2) is 28.9 Å². The van der Waals surface area contributed by atoms with Gasteiger partial charge in [0.25, 0.3) is 5.56 Å². The lowest BCUT2D eigenvalue weighted by Gasteiger charge is -2.24. The number of nitrogen functional groups attached to an aromatic ring is 1. The molecule has 0 amide bonds. The van der Waals surface area contributed by atoms with Gasteiger partial charge >= 0.3 is 6.80 Å². The van der Waals surface area contributed by atoms with E-state index >= 15 is 4.39 Å². The van der Waals surface area contributed by atoms with Gasteiger partial charge in [-0.3, -0.25) is 23.4 Å². The number of ether oxygens (including phenoxy) is 1. The van der Waals surface area contributed by atoms with Crippen LogP contribution in [0.25, 0.3) is 22.3 Å². The first-order chi connectivity index (χ1) is 18.7. The van der Waals surface area contributed by atoms with Gasteiger partial charge in [0.2, 0.25) is 5.95 Å². The molecule has 1 saturated heterocycles. The Labute approximate surface area is 226 Å². The van der Waals surface area contributed by atoms with Gasteiger partial charge < -0.3 is 24.1 Å². The molecule has 3 N–H and O–H groups in total. The summed E-state index contributed by atoms with van der Waals surface area (Å²) < 4.78 is 58.6. The summed E-state index contributed by atoms with van der Waals surface area (Å²) in [7, 11) is 1.38. The second-order valence-corrected chi connectivity index (χ2v) is 12.1. The number of rotatable bonds is 11. The van der Waals surface area contributed by atoms with E-state index in [0.29, 0.717) is 23.5 Å². The zero-order valence-corrected chi connectivity index (χ0v) is 23.3. The van der Waals surface area contributed by atoms with Crippen molar-refractivity contribution in [2.75, 3.05) is 19.5 Å². The molecule has 0 saturated carbocycles. The fourth-order valence-corrected chi connectivity index (χ4v) is 5.75. The first kappa shape index (κ1) is 28.0. The Balaban J connectivity index is 1.36. The van der Waals surface area contributed by atoms with Crippen LogP contribution in [0.1, 0.15) is 19.0 Å². The summed E-state index contributed by atoms with van der Waals surface area (Å²) in [5.74, 6) is 0.176. The van der Waals surface area contributed by atoms with Gasteiger partial charge in [-0.15, -0.1) is 0 Å². The van der Waals surface area contributed by atoms with Crippen molar-refractivity contribution in [3.8, 4) is 0 Å². The molecule has 4 aromatic rings. The highest BCUT2D eigenvalue weighted by atomic mass is 32.7. The van der Waals surface area contributed by atoms with Crippen LogP contribution in [0.2, 0.25) is 0 Å². The van der Waals surface area contributed by atoms with E-state index in [1.165, 1.54) is 37.5 Å². The van der Waals surface area contributed by atoms with Crippen LogP contribution in [-0.4, -0.2) is 71.1 Å². The monoisotopic (exact) mass is 603 g/mol. The number of hydrogen-bond acceptors (Lipinski definition) is 13. The Bertz CT molecular complexity index is 1590. The molecular formula is C19H24FN9O7P2S. The largest absolute Gasteiger partial charge is 0.387 e. The van der Waals surface area contributed by atoms with Crippen LogP contribution < -0.4 is 11.3 Å². The van der Waals surface area contributed by atoms with Gasteiger partial charge in [0, 0.05) is 13.7 Å². The third-order valence-electron chi connectivity index (χ3n) is 5.78. The van der Waals surface area contributed by atoms with Crippen molar-refractivity contribution in [1.82, 2.24) is 39.0 Å². The number of aromatic amines is 1. The Morgan fingerprint density at radius 2 is 2.15 bits per heavy atom. The summed E-state index contributed by atoms with van der Waals surface area (Å²) in [6, 6.07) is 0. The van der Waals surface area contributed by atoms with Crippen LogP contribution in [0.5, 0.6) is 0 Å². The highest BCUT2D eigenvalue weighted by molar-refractivity contribution is 8.44. The zero-order valence-electron chi connectivity index (χ0n) is 20.5. The average molecular weight is 603 g/mol. The molecule has 6 atom stereocenters. The molecule has 0 aliphatic carbocycles. The average Bonchev–Trinajstić information content (AvgIpc) is 3.55. The van der Waals surface area contributed by atoms with E-state index in [2.05, 4.69) is 42.2 Å². The van der Waals surface area contributed by atoms with Crippen molar-refractivity contribution in [2.24, 2.45) is 0 Å². The Morgan fingerprint density at radius 3 is 2.95 bits per heavy atom. The van der Waals surface area contributed by atoms with E-state index in [1.54, 1.807) is 4.57 Å². The lowest BCUT2D eigenvalue weighted by Crippen LogP contribution is -2.29. The number of thiol groups is 1. The third-order valence-corrected chi connectivity index (χ3v) is 7.87. The van der Waals surface area contributed by atoms with E-state index in [1.807, 2.05) is 0 Å². The summed E-state index contributed by atoms with van der Waals surface area (Å²) >= 11 is 4.07. The van der Waals surface area contributed by atoms with Crippen LogP contribution in [0, 0.1) is 0 Å². The minimum Gasteiger partial charge on any atom is -0.369 e. The molecular weight excluding hydrogens is 579 g/mol. The van der Waals surface area contributed by atoms with Crippen molar-refractivity contribution in [3.05, 3.63) is 35.0 Å². The Hall–Kier alpha value is -2.56. The molecule has 16 nitrogen and oxygen atoms in total. The fraction of sp³-hybridized carbons (Fsp3) is 0.474. The topological polar surface area (TPSA) is 196 Å². The molecule has 1 aliphatic rings. The van der Waals surface area contributed by atoms with Gasteiger partial charge in [-0.1, -0.05) is 12.2 Å². The number of nitrogens with two attached hydrogens (primary N) is 1. The van der Waals surface area contributed by atoms with Crippen molar-refractivity contribution in [3.63, 3.8) is 0 Å². The summed E-state index contributed by atoms with van der Waals surface area (Å²) in [5, 5.41) is 0. The van der Waals surface area contributed by atoms with Crippen LogP contribution in [0.3, 0.4) is 0 Å². The lowest BCUT2D eigenvalue weighted by molar-refractivity contribution is -0.0251. The predicted molar refractivity (Wildman–Crippen MR) is 140 cm³/mol. The van der Waals surface area contributed by atoms with Crippen LogP contribution in [0.15, 0.2) is 23.6 Å². The molecule has 0 aromatic carbocycles. The highest BCUT2D eigenvalue weighted by Crippen LogP contribution is 2.57. The highest BCUT2D eigenvalue weighted by Gasteiger charge is 2.48. The fourth-order valence-electron chi connectivity index (χ4n) is 4.09. The van der Waals surface area contributed by atoms with Crippen molar-refractivity contribution < 1.29 is 31.8 Å². The van der Waals surface area contributed by atoms with Crippen molar-refractivity contribution in [1.29, 1.82) is 0 Å². The Kier molecular flexibility index (Phi) is 8.26. The van der Waals surface area contributed by atoms with E-state index in [0.717, 1.165) is 0 Å². The zero-order chi connectivity index (χ0) is 27.7. The maximum Gasteiger partial charge on any atom is 0.387 e. The third kappa shape index (κ3) is 5.83. The van der Waals surface area contributed by atoms with Crippen LogP contribution in [0.4, 0.5) is 10.3 Å². The predicted octanol–water partition coefficient (Wildman–Crippen LogP) is 1.91. The van der Waals surface area contributed by atoms with Crippen molar-refractivity contribution >= 4 is 56.4 Å². The van der Waals surface area contributed by atoms with E-state index in [-0.39, 0.29) is 39.4 Å². The number of anilines is 1. The lowest BCUT2D eigenvalue weighted by atomic mass is 10.2. The molecule has 5 rings (SSSR count).